The molecule has 4 aromatic rings. The van der Waals surface area contributed by atoms with Crippen molar-refractivity contribution in [1.82, 2.24) is 34.4 Å². The normalized spacial score (nSPS) is 18.3. The Morgan fingerprint density at radius 1 is 1.29 bits per heavy atom. The first-order chi connectivity index (χ1) is 16.8. The number of hydrogen-bond acceptors (Lipinski definition) is 8. The molecule has 2 N–H and O–H groups in total. The molecule has 0 aromatic carbocycles. The zero-order chi connectivity index (χ0) is 24.6. The molecule has 0 bridgehead atoms. The minimum absolute atomic E-state index is 0.136. The number of fused-ring (bicyclic) bond motifs is 2. The van der Waals surface area contributed by atoms with Crippen LogP contribution < -0.4 is 10.5 Å². The van der Waals surface area contributed by atoms with E-state index in [2.05, 4.69) is 29.9 Å². The van der Waals surface area contributed by atoms with Crippen molar-refractivity contribution in [3.05, 3.63) is 58.7 Å². The van der Waals surface area contributed by atoms with Crippen LogP contribution in [0.15, 0.2) is 41.8 Å². The fourth-order valence-electron chi connectivity index (χ4n) is 4.93. The molecule has 1 aliphatic heterocycles. The molecule has 1 aliphatic rings. The molecule has 0 radical (unpaired) electrons. The molecule has 1 atom stereocenters. The number of piperidine rings is 1. The van der Waals surface area contributed by atoms with Crippen molar-refractivity contribution in [2.75, 3.05) is 31.6 Å². The summed E-state index contributed by atoms with van der Waals surface area (Å²) in [5.41, 5.74) is 1.58. The number of nitrogens with zero attached hydrogens (tertiary/aromatic N) is 7. The lowest BCUT2D eigenvalue weighted by Gasteiger charge is -2.42. The summed E-state index contributed by atoms with van der Waals surface area (Å²) in [5.74, 6) is 0.171. The van der Waals surface area contributed by atoms with E-state index in [4.69, 9.17) is 0 Å². The van der Waals surface area contributed by atoms with E-state index < -0.39 is 5.60 Å². The van der Waals surface area contributed by atoms with E-state index in [0.29, 0.717) is 30.0 Å². The summed E-state index contributed by atoms with van der Waals surface area (Å²) in [4.78, 5) is 46.3. The lowest BCUT2D eigenvalue weighted by Crippen LogP contribution is -2.54. The number of carbonyl (C=O) groups excluding carboxylic acids is 1. The Morgan fingerprint density at radius 3 is 3.00 bits per heavy atom. The van der Waals surface area contributed by atoms with Crippen molar-refractivity contribution < 1.29 is 9.90 Å². The number of pyridine rings is 2. The summed E-state index contributed by atoms with van der Waals surface area (Å²) in [5, 5.41) is 15.1. The number of rotatable bonds is 6. The average molecular weight is 477 g/mol. The van der Waals surface area contributed by atoms with Gasteiger partial charge in [-0.15, -0.1) is 0 Å². The molecule has 0 aliphatic carbocycles. The first kappa shape index (κ1) is 22.9. The second-order valence-electron chi connectivity index (χ2n) is 9.23. The minimum atomic E-state index is -1.05. The molecule has 0 spiro atoms. The van der Waals surface area contributed by atoms with E-state index in [0.717, 1.165) is 29.6 Å². The highest BCUT2D eigenvalue weighted by atomic mass is 16.3. The van der Waals surface area contributed by atoms with Crippen LogP contribution in [0.5, 0.6) is 0 Å². The van der Waals surface area contributed by atoms with Crippen molar-refractivity contribution in [3.8, 4) is 0 Å². The SMILES string of the molecule is Cc1nc2nc[nH]n2c(=O)c1CCC(=O)N(C)C[C@@]1(O)CCCN(c2ccnc3ccncc23)C1. The summed E-state index contributed by atoms with van der Waals surface area (Å²) >= 11 is 0. The fraction of sp³-hybridized carbons (Fsp3) is 0.417. The quantitative estimate of drug-likeness (QED) is 0.423. The van der Waals surface area contributed by atoms with E-state index in [1.165, 1.54) is 10.8 Å². The fourth-order valence-corrected chi connectivity index (χ4v) is 4.93. The Kier molecular flexibility index (Phi) is 5.93. The van der Waals surface area contributed by atoms with Crippen LogP contribution in [-0.4, -0.2) is 77.7 Å². The van der Waals surface area contributed by atoms with Gasteiger partial charge in [0.2, 0.25) is 5.91 Å². The van der Waals surface area contributed by atoms with Gasteiger partial charge in [0.15, 0.2) is 0 Å². The predicted molar refractivity (Wildman–Crippen MR) is 130 cm³/mol. The molecule has 35 heavy (non-hydrogen) atoms. The number of nitrogens with one attached hydrogen (secondary N) is 1. The van der Waals surface area contributed by atoms with E-state index in [1.54, 1.807) is 37.5 Å². The summed E-state index contributed by atoms with van der Waals surface area (Å²) in [7, 11) is 1.70. The first-order valence-corrected chi connectivity index (χ1v) is 11.7. The monoisotopic (exact) mass is 476 g/mol. The Hall–Kier alpha value is -3.86. The number of aryl methyl sites for hydroxylation is 1. The van der Waals surface area contributed by atoms with Crippen LogP contribution >= 0.6 is 0 Å². The predicted octanol–water partition coefficient (Wildman–Crippen LogP) is 1.09. The van der Waals surface area contributed by atoms with Crippen molar-refractivity contribution in [2.24, 2.45) is 0 Å². The smallest absolute Gasteiger partial charge is 0.277 e. The topological polar surface area (TPSA) is 133 Å². The van der Waals surface area contributed by atoms with Crippen LogP contribution in [0.25, 0.3) is 16.7 Å². The highest BCUT2D eigenvalue weighted by molar-refractivity contribution is 5.90. The molecule has 1 saturated heterocycles. The van der Waals surface area contributed by atoms with Crippen molar-refractivity contribution >= 4 is 28.3 Å². The van der Waals surface area contributed by atoms with Gasteiger partial charge in [-0.25, -0.2) is 9.97 Å². The van der Waals surface area contributed by atoms with Crippen LogP contribution in [0, 0.1) is 6.92 Å². The van der Waals surface area contributed by atoms with E-state index in [1.807, 2.05) is 12.1 Å². The zero-order valence-corrected chi connectivity index (χ0v) is 19.8. The Labute approximate surface area is 201 Å². The lowest BCUT2D eigenvalue weighted by atomic mass is 9.91. The van der Waals surface area contributed by atoms with E-state index in [-0.39, 0.29) is 30.9 Å². The largest absolute Gasteiger partial charge is 0.386 e. The zero-order valence-electron chi connectivity index (χ0n) is 19.8. The van der Waals surface area contributed by atoms with Gasteiger partial charge in [-0.2, -0.15) is 4.52 Å². The number of β-amino-alcohol motifs (C(OH)–C–C–N with tert-alkyl or cyclic N) is 1. The Morgan fingerprint density at radius 2 is 2.14 bits per heavy atom. The third-order valence-corrected chi connectivity index (χ3v) is 6.69. The molecule has 5 heterocycles. The van der Waals surface area contributed by atoms with Crippen LogP contribution in [0.2, 0.25) is 0 Å². The van der Waals surface area contributed by atoms with E-state index >= 15 is 0 Å². The Balaban J connectivity index is 1.26. The van der Waals surface area contributed by atoms with Crippen LogP contribution in [0.3, 0.4) is 0 Å². The maximum atomic E-state index is 12.9. The number of aliphatic hydroxyl groups is 1. The summed E-state index contributed by atoms with van der Waals surface area (Å²) < 4.78 is 1.27. The Bertz CT molecular complexity index is 1440. The number of aromatic nitrogens is 6. The first-order valence-electron chi connectivity index (χ1n) is 11.7. The van der Waals surface area contributed by atoms with Crippen LogP contribution in [0.1, 0.15) is 30.5 Å². The molecule has 5 rings (SSSR count). The number of carbonyl (C=O) groups is 1. The van der Waals surface area contributed by atoms with Gasteiger partial charge in [0.25, 0.3) is 11.3 Å². The van der Waals surface area contributed by atoms with Gasteiger partial charge in [0, 0.05) is 61.8 Å². The molecule has 182 valence electrons. The van der Waals surface area contributed by atoms with Gasteiger partial charge in [0.1, 0.15) is 6.33 Å². The molecular weight excluding hydrogens is 448 g/mol. The highest BCUT2D eigenvalue weighted by Gasteiger charge is 2.36. The minimum Gasteiger partial charge on any atom is -0.386 e. The molecule has 1 amide bonds. The molecule has 0 saturated carbocycles. The summed E-state index contributed by atoms with van der Waals surface area (Å²) in [6.45, 7) is 3.16. The molecule has 0 unspecified atom stereocenters. The molecule has 11 nitrogen and oxygen atoms in total. The molecule has 1 fully saturated rings. The number of H-pyrrole nitrogens is 1. The van der Waals surface area contributed by atoms with Crippen molar-refractivity contribution in [2.45, 2.75) is 38.2 Å². The van der Waals surface area contributed by atoms with Crippen molar-refractivity contribution in [1.29, 1.82) is 0 Å². The molecular formula is C24H28N8O3. The van der Waals surface area contributed by atoms with Gasteiger partial charge in [-0.3, -0.25) is 24.7 Å². The average Bonchev–Trinajstić information content (AvgIpc) is 3.31. The number of hydrogen-bond donors (Lipinski definition) is 2. The number of aromatic amines is 1. The standard InChI is InChI=1S/C24H28N8O3/c1-16-17(22(34)32-23(29-16)27-15-28-32)4-5-21(33)30(2)13-24(35)8-3-11-31(14-24)20-7-10-26-19-6-9-25-12-18(19)20/h6-7,9-10,12,15,35H,3-5,8,11,13-14H2,1-2H3,(H,27,28,29)/t24-/m0/s1. The number of amides is 1. The third kappa shape index (κ3) is 4.46. The second-order valence-corrected chi connectivity index (χ2v) is 9.23. The number of likely N-dealkylation sites (N-methyl/N-ethyl adjacent to an activating group) is 1. The maximum Gasteiger partial charge on any atom is 0.277 e. The number of anilines is 1. The molecule has 11 heteroatoms. The summed E-state index contributed by atoms with van der Waals surface area (Å²) in [6, 6.07) is 3.81. The lowest BCUT2D eigenvalue weighted by molar-refractivity contribution is -0.133. The maximum absolute atomic E-state index is 12.9. The third-order valence-electron chi connectivity index (χ3n) is 6.69. The van der Waals surface area contributed by atoms with Gasteiger partial charge >= 0.3 is 0 Å². The van der Waals surface area contributed by atoms with Gasteiger partial charge in [0.05, 0.1) is 23.4 Å². The highest BCUT2D eigenvalue weighted by Crippen LogP contribution is 2.31. The van der Waals surface area contributed by atoms with Crippen LogP contribution in [0.4, 0.5) is 5.69 Å². The van der Waals surface area contributed by atoms with Crippen LogP contribution in [-0.2, 0) is 11.2 Å². The van der Waals surface area contributed by atoms with Gasteiger partial charge in [-0.1, -0.05) is 0 Å². The van der Waals surface area contributed by atoms with Crippen molar-refractivity contribution in [3.63, 3.8) is 0 Å². The van der Waals surface area contributed by atoms with E-state index in [9.17, 15) is 14.7 Å². The van der Waals surface area contributed by atoms with Gasteiger partial charge < -0.3 is 14.9 Å². The second kappa shape index (κ2) is 9.06. The summed E-state index contributed by atoms with van der Waals surface area (Å²) in [6.07, 6.45) is 8.49. The molecule has 4 aromatic heterocycles. The van der Waals surface area contributed by atoms with Gasteiger partial charge in [-0.05, 0) is 38.3 Å².